The lowest BCUT2D eigenvalue weighted by molar-refractivity contribution is -0.150. The van der Waals surface area contributed by atoms with Crippen LogP contribution in [0.2, 0.25) is 0 Å². The summed E-state index contributed by atoms with van der Waals surface area (Å²) in [7, 11) is 3.14. The Balaban J connectivity index is 1.78. The molecule has 0 radical (unpaired) electrons. The van der Waals surface area contributed by atoms with Gasteiger partial charge in [-0.05, 0) is 122 Å². The molecule has 0 aromatic carbocycles. The van der Waals surface area contributed by atoms with Crippen molar-refractivity contribution in [1.82, 2.24) is 26.6 Å². The first kappa shape index (κ1) is 61.5. The predicted molar refractivity (Wildman–Crippen MR) is 261 cm³/mol. The lowest BCUT2D eigenvalue weighted by Gasteiger charge is -2.19. The number of methoxy groups -OCH3 is 2. The zero-order valence-corrected chi connectivity index (χ0v) is 42.2. The van der Waals surface area contributed by atoms with Crippen LogP contribution in [-0.2, 0) is 57.1 Å². The van der Waals surface area contributed by atoms with Crippen LogP contribution in [0, 0.1) is 17.8 Å². The Hall–Kier alpha value is -3.66. The van der Waals surface area contributed by atoms with Crippen LogP contribution in [0.3, 0.4) is 0 Å². The molecule has 4 atom stereocenters. The van der Waals surface area contributed by atoms with Crippen molar-refractivity contribution < 1.29 is 61.9 Å². The lowest BCUT2D eigenvalue weighted by atomic mass is 9.95. The summed E-state index contributed by atoms with van der Waals surface area (Å²) < 4.78 is 36.9. The number of primary amides is 2. The third-order valence-electron chi connectivity index (χ3n) is 12.1. The number of nitrogens with one attached hydrogen (secondary N) is 5. The molecule has 0 aromatic rings. The van der Waals surface area contributed by atoms with E-state index in [1.165, 1.54) is 12.8 Å². The standard InChI is InChI=1S/C49H91N7O13/c1-63-28-30-65-32-34-67-45(58)37-40(13-4-8-26-55-49(62)68-35-33-66-31-29-64-2)48(61)54-27-11-17-44(57)69-42(14-9-24-52-22-6-3-12-39(46(50)59)36-38-18-19-38)15-10-25-53-23-7-5-16-43(47(51)60)56-41-20-21-41/h38-43,52-53,56H,3-37H2,1-2H3,(H2,50,59)(H2,51,60)(H,54,61)(H,55,62). The van der Waals surface area contributed by atoms with Gasteiger partial charge in [-0.3, -0.25) is 24.0 Å². The van der Waals surface area contributed by atoms with Gasteiger partial charge in [-0.25, -0.2) is 4.79 Å². The molecule has 20 nitrogen and oxygen atoms in total. The van der Waals surface area contributed by atoms with Gasteiger partial charge in [0, 0.05) is 51.6 Å². The molecule has 0 saturated heterocycles. The van der Waals surface area contributed by atoms with Crippen LogP contribution in [0.4, 0.5) is 4.79 Å². The van der Waals surface area contributed by atoms with Crippen molar-refractivity contribution in [1.29, 1.82) is 0 Å². The average molecular weight is 986 g/mol. The minimum atomic E-state index is -0.669. The van der Waals surface area contributed by atoms with Gasteiger partial charge in [-0.2, -0.15) is 0 Å². The van der Waals surface area contributed by atoms with Crippen LogP contribution in [0.15, 0.2) is 0 Å². The summed E-state index contributed by atoms with van der Waals surface area (Å²) in [4.78, 5) is 74.8. The maximum atomic E-state index is 13.4. The molecule has 4 unspecified atom stereocenters. The highest BCUT2D eigenvalue weighted by Gasteiger charge is 2.28. The molecule has 2 rings (SSSR count). The predicted octanol–water partition coefficient (Wildman–Crippen LogP) is 3.15. The fourth-order valence-electron chi connectivity index (χ4n) is 7.71. The number of nitrogens with two attached hydrogens (primary N) is 2. The molecule has 69 heavy (non-hydrogen) atoms. The van der Waals surface area contributed by atoms with Crippen molar-refractivity contribution in [2.75, 3.05) is 106 Å². The number of rotatable bonds is 49. The number of alkyl carbamates (subject to hydrolysis) is 1. The van der Waals surface area contributed by atoms with Crippen molar-refractivity contribution >= 4 is 35.8 Å². The number of ether oxygens (including phenoxy) is 7. The minimum absolute atomic E-state index is 0.0222. The Morgan fingerprint density at radius 3 is 1.67 bits per heavy atom. The van der Waals surface area contributed by atoms with Crippen LogP contribution >= 0.6 is 0 Å². The van der Waals surface area contributed by atoms with Gasteiger partial charge in [-0.15, -0.1) is 0 Å². The van der Waals surface area contributed by atoms with E-state index in [2.05, 4.69) is 26.6 Å². The monoisotopic (exact) mass is 986 g/mol. The maximum absolute atomic E-state index is 13.4. The third-order valence-corrected chi connectivity index (χ3v) is 12.1. The van der Waals surface area contributed by atoms with Crippen LogP contribution < -0.4 is 38.1 Å². The highest BCUT2D eigenvalue weighted by atomic mass is 16.6. The van der Waals surface area contributed by atoms with Gasteiger partial charge < -0.3 is 71.2 Å². The molecule has 2 aliphatic carbocycles. The molecular weight excluding hydrogens is 895 g/mol. The molecule has 2 saturated carbocycles. The van der Waals surface area contributed by atoms with Crippen molar-refractivity contribution in [3.63, 3.8) is 0 Å². The van der Waals surface area contributed by atoms with Gasteiger partial charge in [-0.1, -0.05) is 32.1 Å². The number of hydrogen-bond acceptors (Lipinski definition) is 16. The number of carbonyl (C=O) groups is 6. The van der Waals surface area contributed by atoms with E-state index >= 15 is 0 Å². The topological polar surface area (TPSA) is 279 Å². The van der Waals surface area contributed by atoms with Crippen LogP contribution in [0.25, 0.3) is 0 Å². The van der Waals surface area contributed by atoms with Crippen LogP contribution in [-0.4, -0.2) is 160 Å². The zero-order valence-electron chi connectivity index (χ0n) is 42.2. The molecule has 0 spiro atoms. The van der Waals surface area contributed by atoms with E-state index < -0.39 is 18.0 Å². The van der Waals surface area contributed by atoms with E-state index in [9.17, 15) is 28.8 Å². The van der Waals surface area contributed by atoms with Crippen molar-refractivity contribution in [3.05, 3.63) is 0 Å². The normalized spacial score (nSPS) is 15.2. The SMILES string of the molecule is COCCOCCOC(=O)CC(CCCCNC(=O)OCCOCCOC)C(=O)NCCCC(=O)OC(CCCNCCCCC(CC1CC1)C(N)=O)CCCNCCCCC(NC1CC1)C(N)=O. The molecule has 400 valence electrons. The summed E-state index contributed by atoms with van der Waals surface area (Å²) in [5.74, 6) is -1.66. The Morgan fingerprint density at radius 1 is 0.536 bits per heavy atom. The van der Waals surface area contributed by atoms with Crippen molar-refractivity contribution in [2.24, 2.45) is 29.2 Å². The van der Waals surface area contributed by atoms with E-state index in [4.69, 9.17) is 44.6 Å². The van der Waals surface area contributed by atoms with E-state index in [1.807, 2.05) is 0 Å². The summed E-state index contributed by atoms with van der Waals surface area (Å²) in [6.07, 6.45) is 15.0. The second kappa shape index (κ2) is 41.0. The average Bonchev–Trinajstić information content (AvgIpc) is 4.28. The Kier molecular flexibility index (Phi) is 36.5. The summed E-state index contributed by atoms with van der Waals surface area (Å²) in [6.45, 7) is 6.07. The van der Waals surface area contributed by atoms with E-state index in [1.54, 1.807) is 14.2 Å². The van der Waals surface area contributed by atoms with E-state index in [0.29, 0.717) is 83.5 Å². The quantitative estimate of drug-likeness (QED) is 0.0262. The van der Waals surface area contributed by atoms with E-state index in [-0.39, 0.29) is 87.6 Å². The molecule has 0 heterocycles. The second-order valence-corrected chi connectivity index (χ2v) is 18.3. The Labute approximate surface area is 411 Å². The van der Waals surface area contributed by atoms with E-state index in [0.717, 1.165) is 96.8 Å². The largest absolute Gasteiger partial charge is 0.463 e. The van der Waals surface area contributed by atoms with Crippen LogP contribution in [0.1, 0.15) is 135 Å². The van der Waals surface area contributed by atoms with Gasteiger partial charge in [0.1, 0.15) is 19.3 Å². The number of hydrogen-bond donors (Lipinski definition) is 7. The molecule has 9 N–H and O–H groups in total. The molecule has 0 aliphatic heterocycles. The van der Waals surface area contributed by atoms with Crippen molar-refractivity contribution in [2.45, 2.75) is 153 Å². The van der Waals surface area contributed by atoms with Gasteiger partial charge in [0.05, 0.1) is 52.1 Å². The Morgan fingerprint density at radius 2 is 1.09 bits per heavy atom. The maximum Gasteiger partial charge on any atom is 0.407 e. The highest BCUT2D eigenvalue weighted by molar-refractivity contribution is 5.83. The first-order chi connectivity index (χ1) is 33.5. The summed E-state index contributed by atoms with van der Waals surface area (Å²) in [5.41, 5.74) is 11.2. The molecule has 4 amide bonds. The summed E-state index contributed by atoms with van der Waals surface area (Å²) in [6, 6.07) is 0.156. The van der Waals surface area contributed by atoms with Gasteiger partial charge in [0.15, 0.2) is 0 Å². The first-order valence-corrected chi connectivity index (χ1v) is 25.9. The van der Waals surface area contributed by atoms with Crippen LogP contribution in [0.5, 0.6) is 0 Å². The molecule has 0 bridgehead atoms. The number of unbranched alkanes of at least 4 members (excludes halogenated alkanes) is 3. The lowest BCUT2D eigenvalue weighted by Crippen LogP contribution is -2.42. The summed E-state index contributed by atoms with van der Waals surface area (Å²) >= 11 is 0. The Bertz CT molecular complexity index is 1340. The third kappa shape index (κ3) is 36.0. The molecular formula is C49H91N7O13. The fraction of sp³-hybridized carbons (Fsp3) is 0.878. The number of carbonyl (C=O) groups excluding carboxylic acids is 6. The molecule has 2 fully saturated rings. The van der Waals surface area contributed by atoms with Crippen molar-refractivity contribution in [3.8, 4) is 0 Å². The minimum Gasteiger partial charge on any atom is -0.463 e. The fourth-order valence-corrected chi connectivity index (χ4v) is 7.71. The number of amides is 4. The zero-order chi connectivity index (χ0) is 50.2. The molecule has 2 aliphatic rings. The van der Waals surface area contributed by atoms with Gasteiger partial charge in [0.2, 0.25) is 17.7 Å². The molecule has 20 heteroatoms. The van der Waals surface area contributed by atoms with Gasteiger partial charge >= 0.3 is 18.0 Å². The highest BCUT2D eigenvalue weighted by Crippen LogP contribution is 2.36. The smallest absolute Gasteiger partial charge is 0.407 e. The number of esters is 2. The molecule has 0 aromatic heterocycles. The first-order valence-electron chi connectivity index (χ1n) is 25.9. The summed E-state index contributed by atoms with van der Waals surface area (Å²) in [5, 5.41) is 15.9. The second-order valence-electron chi connectivity index (χ2n) is 18.3. The van der Waals surface area contributed by atoms with Gasteiger partial charge in [0.25, 0.3) is 0 Å².